The monoisotopic (exact) mass is 475 g/mol. The minimum atomic E-state index is -4.62. The van der Waals surface area contributed by atoms with Crippen LogP contribution in [0.4, 0.5) is 24.7 Å². The largest absolute Gasteiger partial charge is 0.418 e. The maximum atomic E-state index is 13.6. The van der Waals surface area contributed by atoms with Crippen LogP contribution in [-0.2, 0) is 11.0 Å². The van der Waals surface area contributed by atoms with E-state index in [1.165, 1.54) is 12.1 Å². The van der Waals surface area contributed by atoms with Crippen LogP contribution in [0, 0.1) is 5.41 Å². The summed E-state index contributed by atoms with van der Waals surface area (Å²) in [7, 11) is 0. The van der Waals surface area contributed by atoms with Gasteiger partial charge in [0, 0.05) is 17.0 Å². The summed E-state index contributed by atoms with van der Waals surface area (Å²) in [5, 5.41) is 20.0. The number of benzene rings is 1. The van der Waals surface area contributed by atoms with Crippen LogP contribution in [0.3, 0.4) is 0 Å². The van der Waals surface area contributed by atoms with Crippen molar-refractivity contribution in [2.75, 3.05) is 10.6 Å². The standard InChI is InChI=1S/C24H28F3N5O2/c1-23(2,3)22(34)30-18-12-14(4-9-17(18)24(25,26)27)19-13-32-21(29-19)11-10-20(31-32)28-15-5-7-16(33)8-6-15/h4,9-13,15-16,33H,5-8H2,1-3H3,(H,28,31)(H,30,34). The molecule has 2 heterocycles. The van der Waals surface area contributed by atoms with Gasteiger partial charge in [0.15, 0.2) is 5.65 Å². The molecule has 1 aliphatic rings. The van der Waals surface area contributed by atoms with Gasteiger partial charge < -0.3 is 15.7 Å². The molecule has 3 aromatic rings. The summed E-state index contributed by atoms with van der Waals surface area (Å²) in [5.41, 5.74) is -0.675. The Labute approximate surface area is 195 Å². The second-order valence-electron chi connectivity index (χ2n) is 9.76. The Kier molecular flexibility index (Phi) is 6.28. The third kappa shape index (κ3) is 5.32. The molecule has 7 nitrogen and oxygen atoms in total. The number of nitrogens with zero attached hydrogens (tertiary/aromatic N) is 3. The van der Waals surface area contributed by atoms with E-state index < -0.39 is 23.1 Å². The predicted molar refractivity (Wildman–Crippen MR) is 123 cm³/mol. The van der Waals surface area contributed by atoms with Gasteiger partial charge in [0.05, 0.1) is 29.2 Å². The number of imidazole rings is 1. The number of aromatic nitrogens is 3. The Balaban J connectivity index is 1.62. The number of fused-ring (bicyclic) bond motifs is 1. The van der Waals surface area contributed by atoms with Crippen LogP contribution in [0.2, 0.25) is 0 Å². The Bertz CT molecular complexity index is 1190. The molecule has 2 aromatic heterocycles. The first kappa shape index (κ1) is 24.0. The van der Waals surface area contributed by atoms with E-state index in [0.717, 1.165) is 31.7 Å². The summed E-state index contributed by atoms with van der Waals surface area (Å²) in [6, 6.07) is 7.39. The number of aliphatic hydroxyl groups excluding tert-OH is 1. The van der Waals surface area contributed by atoms with Gasteiger partial charge in [-0.2, -0.15) is 13.2 Å². The summed E-state index contributed by atoms with van der Waals surface area (Å²) in [6.07, 6.45) is -0.0198. The zero-order valence-electron chi connectivity index (χ0n) is 19.3. The van der Waals surface area contributed by atoms with Crippen LogP contribution in [0.25, 0.3) is 16.9 Å². The minimum absolute atomic E-state index is 0.222. The Hall–Kier alpha value is -3.14. The van der Waals surface area contributed by atoms with E-state index in [-0.39, 0.29) is 17.8 Å². The number of hydrogen-bond donors (Lipinski definition) is 3. The molecule has 1 aromatic carbocycles. The second-order valence-corrected chi connectivity index (χ2v) is 9.76. The topological polar surface area (TPSA) is 91.6 Å². The van der Waals surface area contributed by atoms with Crippen molar-refractivity contribution < 1.29 is 23.1 Å². The lowest BCUT2D eigenvalue weighted by Crippen LogP contribution is -2.28. The molecule has 0 aliphatic heterocycles. The molecule has 34 heavy (non-hydrogen) atoms. The van der Waals surface area contributed by atoms with Crippen molar-refractivity contribution in [2.24, 2.45) is 5.41 Å². The van der Waals surface area contributed by atoms with Crippen LogP contribution in [-0.4, -0.2) is 37.8 Å². The van der Waals surface area contributed by atoms with Gasteiger partial charge in [-0.05, 0) is 49.9 Å². The minimum Gasteiger partial charge on any atom is -0.393 e. The fraction of sp³-hybridized carbons (Fsp3) is 0.458. The van der Waals surface area contributed by atoms with Crippen molar-refractivity contribution in [3.8, 4) is 11.3 Å². The number of nitrogens with one attached hydrogen (secondary N) is 2. The number of rotatable bonds is 4. The molecule has 0 atom stereocenters. The lowest BCUT2D eigenvalue weighted by Gasteiger charge is -2.26. The molecule has 3 N–H and O–H groups in total. The highest BCUT2D eigenvalue weighted by atomic mass is 19.4. The number of halogens is 3. The molecule has 4 rings (SSSR count). The summed E-state index contributed by atoms with van der Waals surface area (Å²) in [5.74, 6) is 0.140. The molecule has 0 radical (unpaired) electrons. The third-order valence-electron chi connectivity index (χ3n) is 5.92. The van der Waals surface area contributed by atoms with Crippen LogP contribution in [0.1, 0.15) is 52.0 Å². The number of amides is 1. The van der Waals surface area contributed by atoms with Gasteiger partial charge in [-0.1, -0.05) is 26.8 Å². The van der Waals surface area contributed by atoms with Crippen molar-refractivity contribution >= 4 is 23.1 Å². The average molecular weight is 476 g/mol. The quantitative estimate of drug-likeness (QED) is 0.488. The number of anilines is 2. The first-order chi connectivity index (χ1) is 15.9. The lowest BCUT2D eigenvalue weighted by molar-refractivity contribution is -0.137. The lowest BCUT2D eigenvalue weighted by atomic mass is 9.93. The van der Waals surface area contributed by atoms with Crippen molar-refractivity contribution in [3.05, 3.63) is 42.1 Å². The van der Waals surface area contributed by atoms with Crippen LogP contribution < -0.4 is 10.6 Å². The van der Waals surface area contributed by atoms with E-state index in [9.17, 15) is 23.1 Å². The summed E-state index contributed by atoms with van der Waals surface area (Å²) >= 11 is 0. The molecule has 0 spiro atoms. The molecule has 1 fully saturated rings. The van der Waals surface area contributed by atoms with E-state index in [1.54, 1.807) is 43.6 Å². The highest BCUT2D eigenvalue weighted by Crippen LogP contribution is 2.37. The van der Waals surface area contributed by atoms with E-state index in [0.29, 0.717) is 22.7 Å². The van der Waals surface area contributed by atoms with Gasteiger partial charge in [0.2, 0.25) is 5.91 Å². The Morgan fingerprint density at radius 3 is 2.44 bits per heavy atom. The van der Waals surface area contributed by atoms with Crippen molar-refractivity contribution in [1.82, 2.24) is 14.6 Å². The van der Waals surface area contributed by atoms with Gasteiger partial charge in [0.25, 0.3) is 0 Å². The van der Waals surface area contributed by atoms with Gasteiger partial charge >= 0.3 is 6.18 Å². The summed E-state index contributed by atoms with van der Waals surface area (Å²) < 4.78 is 42.2. The Morgan fingerprint density at radius 2 is 1.79 bits per heavy atom. The zero-order chi connectivity index (χ0) is 24.7. The van der Waals surface area contributed by atoms with Crippen molar-refractivity contribution in [2.45, 2.75) is 64.8 Å². The van der Waals surface area contributed by atoms with E-state index in [2.05, 4.69) is 20.7 Å². The molecule has 0 unspecified atom stereocenters. The molecule has 0 bridgehead atoms. The first-order valence-corrected chi connectivity index (χ1v) is 11.2. The van der Waals surface area contributed by atoms with Crippen molar-refractivity contribution in [1.29, 1.82) is 0 Å². The maximum absolute atomic E-state index is 13.6. The highest BCUT2D eigenvalue weighted by Gasteiger charge is 2.35. The fourth-order valence-electron chi connectivity index (χ4n) is 3.89. The number of aliphatic hydroxyl groups is 1. The zero-order valence-corrected chi connectivity index (χ0v) is 19.3. The second kappa shape index (κ2) is 8.90. The molecule has 1 amide bonds. The Morgan fingerprint density at radius 1 is 1.09 bits per heavy atom. The van der Waals surface area contributed by atoms with Gasteiger partial charge in [-0.15, -0.1) is 5.10 Å². The summed E-state index contributed by atoms with van der Waals surface area (Å²) in [4.78, 5) is 16.9. The van der Waals surface area contributed by atoms with Crippen LogP contribution in [0.5, 0.6) is 0 Å². The number of carbonyl (C=O) groups is 1. The number of alkyl halides is 3. The van der Waals surface area contributed by atoms with E-state index in [1.807, 2.05) is 0 Å². The van der Waals surface area contributed by atoms with Gasteiger partial charge in [-0.25, -0.2) is 9.50 Å². The molecule has 10 heteroatoms. The maximum Gasteiger partial charge on any atom is 0.418 e. The first-order valence-electron chi connectivity index (χ1n) is 11.2. The SMILES string of the molecule is CC(C)(C)C(=O)Nc1cc(-c2cn3nc(NC4CCC(O)CC4)ccc3n2)ccc1C(F)(F)F. The highest BCUT2D eigenvalue weighted by molar-refractivity contribution is 5.96. The molecule has 0 saturated heterocycles. The number of hydrogen-bond acceptors (Lipinski definition) is 5. The average Bonchev–Trinajstić information content (AvgIpc) is 3.17. The molecule has 1 aliphatic carbocycles. The fourth-order valence-corrected chi connectivity index (χ4v) is 3.89. The van der Waals surface area contributed by atoms with Gasteiger partial charge in [-0.3, -0.25) is 4.79 Å². The molecular weight excluding hydrogens is 447 g/mol. The number of carbonyl (C=O) groups excluding carboxylic acids is 1. The molecular formula is C24H28F3N5O2. The molecule has 1 saturated carbocycles. The summed E-state index contributed by atoms with van der Waals surface area (Å²) in [6.45, 7) is 4.90. The van der Waals surface area contributed by atoms with Gasteiger partial charge in [0.1, 0.15) is 5.82 Å². The predicted octanol–water partition coefficient (Wildman–Crippen LogP) is 5.12. The molecule has 182 valence electrons. The van der Waals surface area contributed by atoms with E-state index >= 15 is 0 Å². The normalized spacial score (nSPS) is 19.3. The van der Waals surface area contributed by atoms with Crippen molar-refractivity contribution in [3.63, 3.8) is 0 Å². The smallest absolute Gasteiger partial charge is 0.393 e. The van der Waals surface area contributed by atoms with Crippen LogP contribution >= 0.6 is 0 Å². The third-order valence-corrected chi connectivity index (χ3v) is 5.92. The van der Waals surface area contributed by atoms with E-state index in [4.69, 9.17) is 0 Å². The van der Waals surface area contributed by atoms with Crippen LogP contribution in [0.15, 0.2) is 36.5 Å².